The van der Waals surface area contributed by atoms with Crippen molar-refractivity contribution in [2.75, 3.05) is 0 Å². The van der Waals surface area contributed by atoms with Crippen LogP contribution in [0.15, 0.2) is 0 Å². The molecule has 4 amide bonds. The van der Waals surface area contributed by atoms with Crippen LogP contribution in [0.2, 0.25) is 0 Å². The van der Waals surface area contributed by atoms with E-state index in [4.69, 9.17) is 11.5 Å². The van der Waals surface area contributed by atoms with E-state index >= 15 is 0 Å². The molecule has 0 aliphatic carbocycles. The van der Waals surface area contributed by atoms with Crippen molar-refractivity contribution in [2.45, 2.75) is 85.0 Å². The second-order valence-electron chi connectivity index (χ2n) is 8.58. The first kappa shape index (κ1) is 29.3. The van der Waals surface area contributed by atoms with Crippen LogP contribution in [0, 0.1) is 17.8 Å². The van der Waals surface area contributed by atoms with Crippen LogP contribution in [0.5, 0.6) is 0 Å². The van der Waals surface area contributed by atoms with Crippen molar-refractivity contribution < 1.29 is 29.1 Å². The summed E-state index contributed by atoms with van der Waals surface area (Å²) < 4.78 is 0. The summed E-state index contributed by atoms with van der Waals surface area (Å²) in [6.07, 6.45) is 0.497. The van der Waals surface area contributed by atoms with Crippen LogP contribution in [0.1, 0.15) is 60.8 Å². The van der Waals surface area contributed by atoms with Crippen LogP contribution in [0.3, 0.4) is 0 Å². The average molecular weight is 458 g/mol. The minimum Gasteiger partial charge on any atom is -0.480 e. The summed E-state index contributed by atoms with van der Waals surface area (Å²) in [6.45, 7) is 10.6. The molecule has 0 saturated heterocycles. The third-order valence-corrected chi connectivity index (χ3v) is 5.63. The summed E-state index contributed by atoms with van der Waals surface area (Å²) in [4.78, 5) is 61.1. The van der Waals surface area contributed by atoms with Crippen LogP contribution in [-0.2, 0) is 24.0 Å². The Morgan fingerprint density at radius 3 is 1.66 bits per heavy atom. The van der Waals surface area contributed by atoms with Gasteiger partial charge in [0, 0.05) is 0 Å². The number of amides is 4. The van der Waals surface area contributed by atoms with E-state index in [0.717, 1.165) is 0 Å². The Bertz CT molecular complexity index is 684. The largest absolute Gasteiger partial charge is 0.480 e. The van der Waals surface area contributed by atoms with Crippen LogP contribution in [0.25, 0.3) is 0 Å². The lowest BCUT2D eigenvalue weighted by Crippen LogP contribution is -2.60. The van der Waals surface area contributed by atoms with E-state index in [9.17, 15) is 29.1 Å². The van der Waals surface area contributed by atoms with Gasteiger partial charge >= 0.3 is 5.97 Å². The molecule has 11 heteroatoms. The van der Waals surface area contributed by atoms with Crippen LogP contribution >= 0.6 is 0 Å². The molecular weight excluding hydrogens is 418 g/mol. The average Bonchev–Trinajstić information content (AvgIpc) is 2.72. The van der Waals surface area contributed by atoms with Gasteiger partial charge in [-0.05, 0) is 17.8 Å². The maximum absolute atomic E-state index is 13.0. The molecular formula is C21H39N5O6. The van der Waals surface area contributed by atoms with Gasteiger partial charge in [-0.2, -0.15) is 0 Å². The van der Waals surface area contributed by atoms with Gasteiger partial charge in [0.1, 0.15) is 18.1 Å². The number of carboxylic acid groups (broad SMARTS) is 1. The lowest BCUT2D eigenvalue weighted by Gasteiger charge is -2.28. The van der Waals surface area contributed by atoms with Gasteiger partial charge in [0.15, 0.2) is 0 Å². The first-order chi connectivity index (χ1) is 14.8. The molecule has 0 aliphatic heterocycles. The molecule has 184 valence electrons. The molecule has 0 heterocycles. The predicted molar refractivity (Wildman–Crippen MR) is 119 cm³/mol. The zero-order valence-electron chi connectivity index (χ0n) is 19.8. The van der Waals surface area contributed by atoms with Gasteiger partial charge in [-0.25, -0.2) is 4.79 Å². The molecule has 0 bridgehead atoms. The molecule has 32 heavy (non-hydrogen) atoms. The van der Waals surface area contributed by atoms with Crippen molar-refractivity contribution in [3.05, 3.63) is 0 Å². The van der Waals surface area contributed by atoms with E-state index in [1.54, 1.807) is 34.6 Å². The highest BCUT2D eigenvalue weighted by Gasteiger charge is 2.34. The van der Waals surface area contributed by atoms with E-state index in [1.165, 1.54) is 0 Å². The van der Waals surface area contributed by atoms with Gasteiger partial charge in [0.05, 0.1) is 12.5 Å². The molecule has 0 aromatic rings. The second-order valence-corrected chi connectivity index (χ2v) is 8.58. The molecule has 8 N–H and O–H groups in total. The summed E-state index contributed by atoms with van der Waals surface area (Å²) in [5, 5.41) is 16.8. The minimum absolute atomic E-state index is 0.155. The predicted octanol–water partition coefficient (Wildman–Crippen LogP) is -0.524. The first-order valence-electron chi connectivity index (χ1n) is 10.9. The van der Waals surface area contributed by atoms with Crippen molar-refractivity contribution in [2.24, 2.45) is 29.2 Å². The topological polar surface area (TPSA) is 194 Å². The van der Waals surface area contributed by atoms with Gasteiger partial charge < -0.3 is 32.5 Å². The maximum Gasteiger partial charge on any atom is 0.326 e. The standard InChI is InChI=1S/C21H39N5O6/c1-7-11(5)16(25-19(29)15(23)10(3)4)20(30)24-13(9-14(22)27)18(28)26-17(21(31)32)12(6)8-2/h10-13,15-17H,7-9,23H2,1-6H3,(H2,22,27)(H,24,30)(H,25,29)(H,26,28)(H,31,32). The fourth-order valence-corrected chi connectivity index (χ4v) is 2.86. The number of primary amides is 1. The summed E-state index contributed by atoms with van der Waals surface area (Å²) in [6, 6.07) is -4.43. The van der Waals surface area contributed by atoms with Crippen molar-refractivity contribution >= 4 is 29.6 Å². The van der Waals surface area contributed by atoms with Crippen LogP contribution < -0.4 is 27.4 Å². The Kier molecular flexibility index (Phi) is 12.5. The smallest absolute Gasteiger partial charge is 0.326 e. The third kappa shape index (κ3) is 9.21. The Hall–Kier alpha value is -2.69. The summed E-state index contributed by atoms with van der Waals surface area (Å²) in [5.41, 5.74) is 11.1. The monoisotopic (exact) mass is 457 g/mol. The fourth-order valence-electron chi connectivity index (χ4n) is 2.86. The molecule has 0 radical (unpaired) electrons. The van der Waals surface area contributed by atoms with E-state index in [0.29, 0.717) is 12.8 Å². The normalized spacial score (nSPS) is 16.8. The van der Waals surface area contributed by atoms with Crippen LogP contribution in [-0.4, -0.2) is 58.9 Å². The van der Waals surface area contributed by atoms with Crippen LogP contribution in [0.4, 0.5) is 0 Å². The van der Waals surface area contributed by atoms with E-state index < -0.39 is 60.2 Å². The van der Waals surface area contributed by atoms with E-state index in [1.807, 2.05) is 6.92 Å². The minimum atomic E-state index is -1.40. The molecule has 11 nitrogen and oxygen atoms in total. The molecule has 6 atom stereocenters. The summed E-state index contributed by atoms with van der Waals surface area (Å²) >= 11 is 0. The number of carbonyl (C=O) groups is 5. The number of carboxylic acids is 1. The Balaban J connectivity index is 5.64. The number of aliphatic carboxylic acids is 1. The quantitative estimate of drug-likeness (QED) is 0.202. The van der Waals surface area contributed by atoms with E-state index in [2.05, 4.69) is 16.0 Å². The number of hydrogen-bond donors (Lipinski definition) is 6. The lowest BCUT2D eigenvalue weighted by molar-refractivity contribution is -0.144. The summed E-state index contributed by atoms with van der Waals surface area (Å²) in [7, 11) is 0. The van der Waals surface area contributed by atoms with Crippen molar-refractivity contribution in [3.8, 4) is 0 Å². The van der Waals surface area contributed by atoms with Crippen molar-refractivity contribution in [3.63, 3.8) is 0 Å². The Morgan fingerprint density at radius 2 is 1.25 bits per heavy atom. The first-order valence-corrected chi connectivity index (χ1v) is 10.9. The fraction of sp³-hybridized carbons (Fsp3) is 0.762. The molecule has 0 saturated carbocycles. The number of rotatable bonds is 14. The molecule has 0 spiro atoms. The molecule has 0 aromatic carbocycles. The lowest BCUT2D eigenvalue weighted by atomic mass is 9.96. The van der Waals surface area contributed by atoms with Gasteiger partial charge in [0.25, 0.3) is 0 Å². The Labute approximate surface area is 189 Å². The highest BCUT2D eigenvalue weighted by atomic mass is 16.4. The van der Waals surface area contributed by atoms with Crippen molar-refractivity contribution in [1.29, 1.82) is 0 Å². The summed E-state index contributed by atoms with van der Waals surface area (Å²) in [5.74, 6) is -4.99. The molecule has 0 rings (SSSR count). The maximum atomic E-state index is 13.0. The van der Waals surface area contributed by atoms with Gasteiger partial charge in [-0.3, -0.25) is 19.2 Å². The van der Waals surface area contributed by atoms with E-state index in [-0.39, 0.29) is 17.8 Å². The number of nitrogens with two attached hydrogens (primary N) is 2. The molecule has 0 aromatic heterocycles. The van der Waals surface area contributed by atoms with Gasteiger partial charge in [-0.1, -0.05) is 54.4 Å². The number of nitrogens with one attached hydrogen (secondary N) is 3. The van der Waals surface area contributed by atoms with Gasteiger partial charge in [-0.15, -0.1) is 0 Å². The van der Waals surface area contributed by atoms with Gasteiger partial charge in [0.2, 0.25) is 23.6 Å². The van der Waals surface area contributed by atoms with Crippen molar-refractivity contribution in [1.82, 2.24) is 16.0 Å². The zero-order chi connectivity index (χ0) is 25.2. The molecule has 0 aliphatic rings. The zero-order valence-corrected chi connectivity index (χ0v) is 19.8. The SMILES string of the molecule is CCC(C)C(NC(=O)C(CC(N)=O)NC(=O)C(NC(=O)C(N)C(C)C)C(C)CC)C(=O)O. The highest BCUT2D eigenvalue weighted by molar-refractivity contribution is 5.96. The number of hydrogen-bond acceptors (Lipinski definition) is 6. The highest BCUT2D eigenvalue weighted by Crippen LogP contribution is 2.12. The second kappa shape index (κ2) is 13.7. The number of carbonyl (C=O) groups excluding carboxylic acids is 4. The molecule has 6 unspecified atom stereocenters. The Morgan fingerprint density at radius 1 is 0.781 bits per heavy atom. The third-order valence-electron chi connectivity index (χ3n) is 5.63. The molecule has 0 fully saturated rings.